The summed E-state index contributed by atoms with van der Waals surface area (Å²) in [6, 6.07) is 0.630. The lowest BCUT2D eigenvalue weighted by Gasteiger charge is -2.41. The van der Waals surface area contributed by atoms with Crippen molar-refractivity contribution >= 4 is 29.9 Å². The van der Waals surface area contributed by atoms with E-state index in [-0.39, 0.29) is 29.5 Å². The normalized spacial score (nSPS) is 24.3. The molecule has 0 amide bonds. The van der Waals surface area contributed by atoms with E-state index in [2.05, 4.69) is 46.3 Å². The minimum absolute atomic E-state index is 0. The maximum Gasteiger partial charge on any atom is 0.191 e. The van der Waals surface area contributed by atoms with Crippen LogP contribution < -0.4 is 10.6 Å². The highest BCUT2D eigenvalue weighted by Crippen LogP contribution is 2.15. The number of ether oxygens (including phenoxy) is 1. The van der Waals surface area contributed by atoms with Gasteiger partial charge in [-0.3, -0.25) is 9.89 Å². The van der Waals surface area contributed by atoms with E-state index in [0.717, 1.165) is 45.4 Å². The second-order valence-electron chi connectivity index (χ2n) is 7.00. The highest BCUT2D eigenvalue weighted by molar-refractivity contribution is 14.0. The summed E-state index contributed by atoms with van der Waals surface area (Å²) in [5, 5.41) is 6.95. The molecule has 0 spiro atoms. The van der Waals surface area contributed by atoms with Crippen LogP contribution in [0.25, 0.3) is 0 Å². The Morgan fingerprint density at radius 1 is 1.22 bits per heavy atom. The average molecular weight is 439 g/mol. The highest BCUT2D eigenvalue weighted by Gasteiger charge is 2.28. The molecule has 2 heterocycles. The Labute approximate surface area is 158 Å². The molecule has 2 N–H and O–H groups in total. The summed E-state index contributed by atoms with van der Waals surface area (Å²) >= 11 is 0. The van der Waals surface area contributed by atoms with Gasteiger partial charge in [0, 0.05) is 44.8 Å². The molecule has 2 aliphatic rings. The number of nitrogens with one attached hydrogen (secondary N) is 2. The number of guanidine groups is 1. The summed E-state index contributed by atoms with van der Waals surface area (Å²) in [6.07, 6.45) is 2.58. The Morgan fingerprint density at radius 3 is 2.48 bits per heavy atom. The lowest BCUT2D eigenvalue weighted by atomic mass is 10.0. The molecular formula is C16H34IN5O. The monoisotopic (exact) mass is 439 g/mol. The quantitative estimate of drug-likeness (QED) is 0.380. The van der Waals surface area contributed by atoms with Gasteiger partial charge in [-0.15, -0.1) is 24.0 Å². The van der Waals surface area contributed by atoms with Gasteiger partial charge in [-0.05, 0) is 40.3 Å². The van der Waals surface area contributed by atoms with E-state index >= 15 is 0 Å². The van der Waals surface area contributed by atoms with Crippen molar-refractivity contribution in [2.75, 3.05) is 60.0 Å². The number of halogens is 1. The smallest absolute Gasteiger partial charge is 0.191 e. The maximum absolute atomic E-state index is 5.44. The maximum atomic E-state index is 5.44. The van der Waals surface area contributed by atoms with Crippen molar-refractivity contribution in [3.63, 3.8) is 0 Å². The summed E-state index contributed by atoms with van der Waals surface area (Å²) in [4.78, 5) is 9.27. The number of aliphatic imine (C=N–C) groups is 1. The first-order valence-corrected chi connectivity index (χ1v) is 8.50. The molecule has 0 aromatic rings. The topological polar surface area (TPSA) is 52.1 Å². The number of morpholine rings is 1. The molecule has 0 saturated carbocycles. The van der Waals surface area contributed by atoms with Gasteiger partial charge in [-0.1, -0.05) is 0 Å². The van der Waals surface area contributed by atoms with E-state index in [4.69, 9.17) is 4.74 Å². The predicted octanol–water partition coefficient (Wildman–Crippen LogP) is 0.974. The van der Waals surface area contributed by atoms with E-state index in [0.29, 0.717) is 6.04 Å². The lowest BCUT2D eigenvalue weighted by Crippen LogP contribution is -2.57. The largest absolute Gasteiger partial charge is 0.379 e. The molecule has 136 valence electrons. The predicted molar refractivity (Wildman–Crippen MR) is 107 cm³/mol. The Balaban J connectivity index is 0.00000264. The van der Waals surface area contributed by atoms with Gasteiger partial charge in [0.15, 0.2) is 5.96 Å². The molecule has 0 radical (unpaired) electrons. The van der Waals surface area contributed by atoms with Crippen molar-refractivity contribution < 1.29 is 4.74 Å². The molecular weight excluding hydrogens is 405 g/mol. The van der Waals surface area contributed by atoms with Crippen LogP contribution in [-0.4, -0.2) is 87.4 Å². The van der Waals surface area contributed by atoms with Crippen LogP contribution in [0, 0.1) is 0 Å². The Morgan fingerprint density at radius 2 is 1.91 bits per heavy atom. The molecule has 0 aromatic heterocycles. The molecule has 2 saturated heterocycles. The first-order valence-electron chi connectivity index (χ1n) is 8.50. The summed E-state index contributed by atoms with van der Waals surface area (Å²) in [6.45, 7) is 11.3. The molecule has 0 aliphatic carbocycles. The summed E-state index contributed by atoms with van der Waals surface area (Å²) in [5.74, 6) is 0.904. The molecule has 23 heavy (non-hydrogen) atoms. The minimum atomic E-state index is 0. The number of hydrogen-bond acceptors (Lipinski definition) is 4. The number of likely N-dealkylation sites (tertiary alicyclic amines) is 1. The SMILES string of the molecule is CN=C(NCC1CCCN1C)NCC(C)(C)N1CCOCC1.I. The fourth-order valence-corrected chi connectivity index (χ4v) is 3.25. The third-order valence-corrected chi connectivity index (χ3v) is 4.96. The van der Waals surface area contributed by atoms with Crippen LogP contribution in [0.15, 0.2) is 4.99 Å². The summed E-state index contributed by atoms with van der Waals surface area (Å²) in [5.41, 5.74) is 0.103. The van der Waals surface area contributed by atoms with Crippen LogP contribution in [-0.2, 0) is 4.74 Å². The Bertz CT molecular complexity index is 371. The number of likely N-dealkylation sites (N-methyl/N-ethyl adjacent to an activating group) is 1. The van der Waals surface area contributed by atoms with E-state index in [1.54, 1.807) is 0 Å². The highest BCUT2D eigenvalue weighted by atomic mass is 127. The van der Waals surface area contributed by atoms with Crippen LogP contribution in [0.2, 0.25) is 0 Å². The summed E-state index contributed by atoms with van der Waals surface area (Å²) in [7, 11) is 4.05. The van der Waals surface area contributed by atoms with E-state index in [1.807, 2.05) is 7.05 Å². The van der Waals surface area contributed by atoms with Gasteiger partial charge in [0.25, 0.3) is 0 Å². The Hall–Kier alpha value is -0.120. The molecule has 7 heteroatoms. The van der Waals surface area contributed by atoms with Gasteiger partial charge >= 0.3 is 0 Å². The van der Waals surface area contributed by atoms with Crippen LogP contribution in [0.3, 0.4) is 0 Å². The van der Waals surface area contributed by atoms with Crippen molar-refractivity contribution in [2.45, 2.75) is 38.3 Å². The fraction of sp³-hybridized carbons (Fsp3) is 0.938. The number of hydrogen-bond donors (Lipinski definition) is 2. The van der Waals surface area contributed by atoms with Crippen molar-refractivity contribution in [1.82, 2.24) is 20.4 Å². The van der Waals surface area contributed by atoms with Crippen LogP contribution in [0.1, 0.15) is 26.7 Å². The van der Waals surface area contributed by atoms with Crippen molar-refractivity contribution in [1.29, 1.82) is 0 Å². The van der Waals surface area contributed by atoms with Gasteiger partial charge in [0.1, 0.15) is 0 Å². The lowest BCUT2D eigenvalue weighted by molar-refractivity contribution is -0.00834. The van der Waals surface area contributed by atoms with E-state index in [9.17, 15) is 0 Å². The van der Waals surface area contributed by atoms with Crippen LogP contribution in [0.4, 0.5) is 0 Å². The van der Waals surface area contributed by atoms with E-state index < -0.39 is 0 Å². The minimum Gasteiger partial charge on any atom is -0.379 e. The van der Waals surface area contributed by atoms with Crippen molar-refractivity contribution in [3.05, 3.63) is 0 Å². The van der Waals surface area contributed by atoms with Crippen molar-refractivity contribution in [2.24, 2.45) is 4.99 Å². The first kappa shape index (κ1) is 20.9. The molecule has 1 unspecified atom stereocenters. The van der Waals surface area contributed by atoms with Gasteiger partial charge in [0.2, 0.25) is 0 Å². The Kier molecular flexibility index (Phi) is 9.10. The van der Waals surface area contributed by atoms with Gasteiger partial charge < -0.3 is 20.3 Å². The van der Waals surface area contributed by atoms with Gasteiger partial charge in [-0.25, -0.2) is 0 Å². The standard InChI is InChI=1S/C16H33N5O.HI/c1-16(2,21-8-10-22-11-9-21)13-19-15(17-3)18-12-14-6-5-7-20(14)4;/h14H,5-13H2,1-4H3,(H2,17,18,19);1H. The molecule has 2 rings (SSSR count). The van der Waals surface area contributed by atoms with Gasteiger partial charge in [-0.2, -0.15) is 0 Å². The fourth-order valence-electron chi connectivity index (χ4n) is 3.25. The first-order chi connectivity index (χ1) is 10.5. The third-order valence-electron chi connectivity index (χ3n) is 4.96. The molecule has 0 bridgehead atoms. The molecule has 2 aliphatic heterocycles. The zero-order valence-corrected chi connectivity index (χ0v) is 17.4. The third kappa shape index (κ3) is 6.36. The van der Waals surface area contributed by atoms with Crippen molar-refractivity contribution in [3.8, 4) is 0 Å². The molecule has 1 atom stereocenters. The summed E-state index contributed by atoms with van der Waals surface area (Å²) < 4.78 is 5.44. The average Bonchev–Trinajstić information content (AvgIpc) is 2.93. The molecule has 0 aromatic carbocycles. The molecule has 6 nitrogen and oxygen atoms in total. The van der Waals surface area contributed by atoms with Crippen LogP contribution >= 0.6 is 24.0 Å². The van der Waals surface area contributed by atoms with Gasteiger partial charge in [0.05, 0.1) is 13.2 Å². The zero-order chi connectivity index (χ0) is 16.0. The zero-order valence-electron chi connectivity index (χ0n) is 15.1. The second kappa shape index (κ2) is 10.0. The molecule has 2 fully saturated rings. The number of nitrogens with zero attached hydrogens (tertiary/aromatic N) is 3. The second-order valence-corrected chi connectivity index (χ2v) is 7.00. The number of rotatable bonds is 5. The van der Waals surface area contributed by atoms with E-state index in [1.165, 1.54) is 19.4 Å². The van der Waals surface area contributed by atoms with Crippen LogP contribution in [0.5, 0.6) is 0 Å².